The Morgan fingerprint density at radius 3 is 2.91 bits per heavy atom. The first-order valence-electron chi connectivity index (χ1n) is 6.55. The molecule has 1 fully saturated rings. The van der Waals surface area contributed by atoms with Crippen LogP contribution in [-0.2, 0) is 4.79 Å². The Balaban J connectivity index is 1.55. The number of rotatable bonds is 3. The van der Waals surface area contributed by atoms with Crippen molar-refractivity contribution in [3.8, 4) is 0 Å². The lowest BCUT2D eigenvalue weighted by molar-refractivity contribution is -0.115. The first-order chi connectivity index (χ1) is 11.2. The number of hydrogen-bond donors (Lipinski definition) is 1. The summed E-state index contributed by atoms with van der Waals surface area (Å²) < 4.78 is 8.29. The zero-order valence-electron chi connectivity index (χ0n) is 11.4. The summed E-state index contributed by atoms with van der Waals surface area (Å²) >= 11 is 9.30. The monoisotopic (exact) mass is 376 g/mol. The third kappa shape index (κ3) is 3.20. The fourth-order valence-corrected chi connectivity index (χ4v) is 4.99. The summed E-state index contributed by atoms with van der Waals surface area (Å²) in [4.78, 5) is 16.7. The molecule has 1 aromatic carbocycles. The second kappa shape index (κ2) is 6.12. The molecule has 4 nitrogen and oxygen atoms in total. The summed E-state index contributed by atoms with van der Waals surface area (Å²) in [6, 6.07) is 11.7. The van der Waals surface area contributed by atoms with Gasteiger partial charge in [-0.2, -0.15) is 0 Å². The van der Waals surface area contributed by atoms with E-state index >= 15 is 0 Å². The van der Waals surface area contributed by atoms with Crippen LogP contribution in [0.3, 0.4) is 0 Å². The van der Waals surface area contributed by atoms with Gasteiger partial charge in [-0.25, -0.2) is 4.98 Å². The number of aromatic nitrogens is 1. The first kappa shape index (κ1) is 14.9. The molecule has 0 radical (unpaired) electrons. The molecule has 0 unspecified atom stereocenters. The average Bonchev–Trinajstić information content (AvgIpc) is 3.19. The molecular weight excluding hydrogens is 368 g/mol. The number of benzene rings is 1. The Hall–Kier alpha value is -1.61. The smallest absolute Gasteiger partial charge is 0.263 e. The highest BCUT2D eigenvalue weighted by Crippen LogP contribution is 2.36. The van der Waals surface area contributed by atoms with Crippen molar-refractivity contribution in [1.29, 1.82) is 0 Å². The molecule has 1 aliphatic heterocycles. The van der Waals surface area contributed by atoms with Crippen LogP contribution in [0, 0.1) is 0 Å². The Morgan fingerprint density at radius 2 is 2.13 bits per heavy atom. The van der Waals surface area contributed by atoms with Crippen molar-refractivity contribution < 1.29 is 9.21 Å². The van der Waals surface area contributed by atoms with Gasteiger partial charge in [0.25, 0.3) is 5.91 Å². The number of amides is 1. The van der Waals surface area contributed by atoms with Crippen molar-refractivity contribution in [1.82, 2.24) is 10.3 Å². The molecule has 4 rings (SSSR count). The first-order valence-corrected chi connectivity index (χ1v) is 9.41. The summed E-state index contributed by atoms with van der Waals surface area (Å²) in [5.41, 5.74) is 0.987. The molecular formula is C15H8N2O2S4. The van der Waals surface area contributed by atoms with E-state index in [4.69, 9.17) is 16.6 Å². The molecule has 0 saturated carbocycles. The number of fused-ring (bicyclic) bond motifs is 1. The van der Waals surface area contributed by atoms with Crippen molar-refractivity contribution >= 4 is 73.6 Å². The van der Waals surface area contributed by atoms with Gasteiger partial charge in [0.1, 0.15) is 10.1 Å². The number of hydrogen-bond acceptors (Lipinski definition) is 7. The van der Waals surface area contributed by atoms with E-state index in [1.54, 1.807) is 17.4 Å². The van der Waals surface area contributed by atoms with Gasteiger partial charge in [0.2, 0.25) is 0 Å². The lowest BCUT2D eigenvalue weighted by Crippen LogP contribution is -2.17. The number of furan rings is 1. The molecule has 2 aromatic heterocycles. The lowest BCUT2D eigenvalue weighted by atomic mass is 10.3. The van der Waals surface area contributed by atoms with Gasteiger partial charge in [0.15, 0.2) is 9.43 Å². The zero-order chi connectivity index (χ0) is 15.8. The van der Waals surface area contributed by atoms with Gasteiger partial charge >= 0.3 is 0 Å². The summed E-state index contributed by atoms with van der Waals surface area (Å²) in [5, 5.41) is 3.32. The summed E-state index contributed by atoms with van der Waals surface area (Å²) in [7, 11) is 0. The highest BCUT2D eigenvalue weighted by atomic mass is 32.2. The minimum Gasteiger partial charge on any atom is -0.450 e. The zero-order valence-corrected chi connectivity index (χ0v) is 14.7. The van der Waals surface area contributed by atoms with Crippen molar-refractivity contribution in [2.24, 2.45) is 0 Å². The van der Waals surface area contributed by atoms with Crippen LogP contribution in [0.4, 0.5) is 0 Å². The largest absolute Gasteiger partial charge is 0.450 e. The van der Waals surface area contributed by atoms with Gasteiger partial charge < -0.3 is 9.73 Å². The number of thioether (sulfide) groups is 1. The maximum Gasteiger partial charge on any atom is 0.263 e. The molecule has 0 bridgehead atoms. The molecule has 3 aromatic rings. The molecule has 1 aliphatic rings. The number of thiocarbonyl (C=S) groups is 1. The topological polar surface area (TPSA) is 55.1 Å². The number of thiazole rings is 1. The maximum atomic E-state index is 11.6. The summed E-state index contributed by atoms with van der Waals surface area (Å²) in [6.07, 6.45) is 1.70. The van der Waals surface area contributed by atoms with Crippen LogP contribution in [0.15, 0.2) is 55.2 Å². The molecule has 1 amide bonds. The van der Waals surface area contributed by atoms with Gasteiger partial charge in [-0.05, 0) is 36.0 Å². The van der Waals surface area contributed by atoms with E-state index in [1.807, 2.05) is 36.4 Å². The van der Waals surface area contributed by atoms with Gasteiger partial charge in [0.05, 0.1) is 15.1 Å². The second-order valence-electron chi connectivity index (χ2n) is 4.56. The SMILES string of the molecule is O=C1NC(=S)S/C1=C\c1ccc(Sc2nc3ccccc3s2)o1. The third-order valence-corrected chi connectivity index (χ3v) is 6.16. The number of nitrogens with zero attached hydrogens (tertiary/aromatic N) is 1. The molecule has 8 heteroatoms. The highest BCUT2D eigenvalue weighted by molar-refractivity contribution is 8.26. The standard InChI is InChI=1S/C15H8N2O2S4/c18-13-11(21-14(20)17-13)7-8-5-6-12(19-8)23-15-16-9-3-1-2-4-10(9)22-15/h1-7H,(H,17,18,20)/b11-7-. The third-order valence-electron chi connectivity index (χ3n) is 2.98. The molecule has 1 saturated heterocycles. The number of nitrogens with one attached hydrogen (secondary N) is 1. The molecule has 23 heavy (non-hydrogen) atoms. The molecule has 0 aliphatic carbocycles. The van der Waals surface area contributed by atoms with Crippen LogP contribution in [0.1, 0.15) is 5.76 Å². The number of carbonyl (C=O) groups is 1. The van der Waals surface area contributed by atoms with Crippen LogP contribution in [-0.4, -0.2) is 15.2 Å². The van der Waals surface area contributed by atoms with Crippen LogP contribution >= 0.6 is 47.1 Å². The quantitative estimate of drug-likeness (QED) is 0.535. The molecule has 0 spiro atoms. The number of carbonyl (C=O) groups excluding carboxylic acids is 1. The molecule has 1 N–H and O–H groups in total. The Kier molecular flexibility index (Phi) is 3.98. The Labute approximate surface area is 149 Å². The average molecular weight is 377 g/mol. The van der Waals surface area contributed by atoms with E-state index in [1.165, 1.54) is 23.5 Å². The van der Waals surface area contributed by atoms with Gasteiger partial charge in [-0.3, -0.25) is 4.79 Å². The predicted molar refractivity (Wildman–Crippen MR) is 98.8 cm³/mol. The lowest BCUT2D eigenvalue weighted by Gasteiger charge is -1.92. The minimum absolute atomic E-state index is 0.184. The van der Waals surface area contributed by atoms with E-state index < -0.39 is 0 Å². The second-order valence-corrected chi connectivity index (χ2v) is 8.56. The predicted octanol–water partition coefficient (Wildman–Crippen LogP) is 4.53. The molecule has 0 atom stereocenters. The van der Waals surface area contributed by atoms with Crippen molar-refractivity contribution in [3.63, 3.8) is 0 Å². The van der Waals surface area contributed by atoms with Crippen molar-refractivity contribution in [3.05, 3.63) is 47.1 Å². The molecule has 114 valence electrons. The Bertz CT molecular complexity index is 924. The van der Waals surface area contributed by atoms with E-state index in [0.717, 1.165) is 19.6 Å². The van der Waals surface area contributed by atoms with Crippen LogP contribution < -0.4 is 5.32 Å². The minimum atomic E-state index is -0.184. The molecule has 3 heterocycles. The van der Waals surface area contributed by atoms with Crippen LogP contribution in [0.2, 0.25) is 0 Å². The van der Waals surface area contributed by atoms with Crippen LogP contribution in [0.25, 0.3) is 16.3 Å². The van der Waals surface area contributed by atoms with Gasteiger partial charge in [0, 0.05) is 6.08 Å². The maximum absolute atomic E-state index is 11.6. The van der Waals surface area contributed by atoms with E-state index in [0.29, 0.717) is 15.0 Å². The number of para-hydroxylation sites is 1. The van der Waals surface area contributed by atoms with E-state index in [2.05, 4.69) is 10.3 Å². The summed E-state index contributed by atoms with van der Waals surface area (Å²) in [6.45, 7) is 0. The summed E-state index contributed by atoms with van der Waals surface area (Å²) in [5.74, 6) is 0.438. The van der Waals surface area contributed by atoms with Crippen molar-refractivity contribution in [2.75, 3.05) is 0 Å². The fourth-order valence-electron chi connectivity index (χ4n) is 2.00. The normalized spacial score (nSPS) is 16.4. The highest BCUT2D eigenvalue weighted by Gasteiger charge is 2.22. The van der Waals surface area contributed by atoms with Crippen LogP contribution in [0.5, 0.6) is 0 Å². The fraction of sp³-hybridized carbons (Fsp3) is 0. The van der Waals surface area contributed by atoms with Crippen molar-refractivity contribution in [2.45, 2.75) is 9.43 Å². The van der Waals surface area contributed by atoms with Gasteiger partial charge in [-0.1, -0.05) is 36.1 Å². The Morgan fingerprint density at radius 1 is 1.26 bits per heavy atom. The van der Waals surface area contributed by atoms with E-state index in [-0.39, 0.29) is 5.91 Å². The van der Waals surface area contributed by atoms with Gasteiger partial charge in [-0.15, -0.1) is 11.3 Å². The van der Waals surface area contributed by atoms with E-state index in [9.17, 15) is 4.79 Å².